The summed E-state index contributed by atoms with van der Waals surface area (Å²) in [5.41, 5.74) is 5.78. The molecule has 0 aliphatic heterocycles. The Hall–Kier alpha value is -1.17. The minimum Gasteiger partial charge on any atom is -0.433 e. The first-order valence-electron chi connectivity index (χ1n) is 3.97. The fourth-order valence-electron chi connectivity index (χ4n) is 1.05. The summed E-state index contributed by atoms with van der Waals surface area (Å²) in [5.74, 6) is -0.594. The molecule has 0 saturated carbocycles. The number of alkyl halides is 2. The van der Waals surface area contributed by atoms with E-state index < -0.39 is 6.61 Å². The summed E-state index contributed by atoms with van der Waals surface area (Å²) >= 11 is 2.99. The SMILES string of the molecule is CC(=O)c1ccc(N)c(Br)c1OC(F)F. The van der Waals surface area contributed by atoms with Crippen molar-refractivity contribution in [1.29, 1.82) is 0 Å². The lowest BCUT2D eigenvalue weighted by Gasteiger charge is -2.12. The molecule has 1 rings (SSSR count). The van der Waals surface area contributed by atoms with Gasteiger partial charge in [0, 0.05) is 5.69 Å². The molecule has 0 atom stereocenters. The average molecular weight is 280 g/mol. The van der Waals surface area contributed by atoms with Gasteiger partial charge in [-0.1, -0.05) is 0 Å². The van der Waals surface area contributed by atoms with Gasteiger partial charge in [0.25, 0.3) is 0 Å². The maximum atomic E-state index is 12.1. The zero-order chi connectivity index (χ0) is 11.6. The van der Waals surface area contributed by atoms with Gasteiger partial charge >= 0.3 is 6.61 Å². The Balaban J connectivity index is 3.28. The van der Waals surface area contributed by atoms with Crippen LogP contribution in [0.5, 0.6) is 5.75 Å². The molecule has 0 aromatic heterocycles. The number of ether oxygens (including phenoxy) is 1. The molecule has 1 aromatic rings. The number of hydrogen-bond donors (Lipinski definition) is 1. The number of Topliss-reactive ketones (excluding diaryl/α,β-unsaturated/α-hetero) is 1. The smallest absolute Gasteiger partial charge is 0.387 e. The molecule has 0 fully saturated rings. The van der Waals surface area contributed by atoms with Crippen molar-refractivity contribution in [3.8, 4) is 5.75 Å². The largest absolute Gasteiger partial charge is 0.433 e. The highest BCUT2D eigenvalue weighted by atomic mass is 79.9. The van der Waals surface area contributed by atoms with Crippen LogP contribution in [-0.4, -0.2) is 12.4 Å². The summed E-state index contributed by atoms with van der Waals surface area (Å²) in [5, 5.41) is 0. The Labute approximate surface area is 93.3 Å². The van der Waals surface area contributed by atoms with Gasteiger partial charge < -0.3 is 10.5 Å². The summed E-state index contributed by atoms with van der Waals surface area (Å²) < 4.78 is 28.6. The van der Waals surface area contributed by atoms with E-state index in [1.165, 1.54) is 19.1 Å². The van der Waals surface area contributed by atoms with Crippen LogP contribution in [0.3, 0.4) is 0 Å². The van der Waals surface area contributed by atoms with E-state index in [0.717, 1.165) is 0 Å². The second-order valence-corrected chi connectivity index (χ2v) is 3.57. The van der Waals surface area contributed by atoms with Crippen LogP contribution in [0.2, 0.25) is 0 Å². The van der Waals surface area contributed by atoms with Crippen molar-refractivity contribution in [3.63, 3.8) is 0 Å². The molecule has 0 radical (unpaired) electrons. The summed E-state index contributed by atoms with van der Waals surface area (Å²) in [6, 6.07) is 2.79. The molecule has 2 N–H and O–H groups in total. The van der Waals surface area contributed by atoms with Gasteiger partial charge in [0.2, 0.25) is 0 Å². The zero-order valence-electron chi connectivity index (χ0n) is 7.76. The fraction of sp³-hybridized carbons (Fsp3) is 0.222. The Morgan fingerprint density at radius 3 is 2.60 bits per heavy atom. The highest BCUT2D eigenvalue weighted by molar-refractivity contribution is 9.10. The van der Waals surface area contributed by atoms with Gasteiger partial charge in [-0.05, 0) is 35.0 Å². The third-order valence-electron chi connectivity index (χ3n) is 1.71. The van der Waals surface area contributed by atoms with E-state index in [1.807, 2.05) is 0 Å². The van der Waals surface area contributed by atoms with E-state index in [4.69, 9.17) is 5.73 Å². The number of benzene rings is 1. The number of nitrogen functional groups attached to an aromatic ring is 1. The molecular weight excluding hydrogens is 272 g/mol. The van der Waals surface area contributed by atoms with Crippen molar-refractivity contribution >= 4 is 27.4 Å². The number of rotatable bonds is 3. The minimum absolute atomic E-state index is 0.0661. The van der Waals surface area contributed by atoms with Gasteiger partial charge in [-0.2, -0.15) is 8.78 Å². The summed E-state index contributed by atoms with van der Waals surface area (Å²) in [6.45, 7) is -1.74. The molecule has 15 heavy (non-hydrogen) atoms. The lowest BCUT2D eigenvalue weighted by atomic mass is 10.1. The minimum atomic E-state index is -3.00. The first-order chi connectivity index (χ1) is 6.93. The van der Waals surface area contributed by atoms with E-state index in [1.54, 1.807) is 0 Å². The van der Waals surface area contributed by atoms with Crippen LogP contribution in [0.4, 0.5) is 14.5 Å². The molecule has 0 amide bonds. The highest BCUT2D eigenvalue weighted by Crippen LogP contribution is 2.35. The Kier molecular flexibility index (Phi) is 3.62. The maximum absolute atomic E-state index is 12.1. The summed E-state index contributed by atoms with van der Waals surface area (Å²) in [7, 11) is 0. The molecule has 0 aliphatic carbocycles. The normalized spacial score (nSPS) is 10.5. The van der Waals surface area contributed by atoms with Crippen LogP contribution in [0.25, 0.3) is 0 Å². The highest BCUT2D eigenvalue weighted by Gasteiger charge is 2.17. The lowest BCUT2D eigenvalue weighted by molar-refractivity contribution is -0.0505. The monoisotopic (exact) mass is 279 g/mol. The van der Waals surface area contributed by atoms with E-state index in [0.29, 0.717) is 0 Å². The van der Waals surface area contributed by atoms with Crippen molar-refractivity contribution in [2.75, 3.05) is 5.73 Å². The van der Waals surface area contributed by atoms with Gasteiger partial charge in [0.15, 0.2) is 11.5 Å². The predicted molar refractivity (Wildman–Crippen MR) is 55.2 cm³/mol. The quantitative estimate of drug-likeness (QED) is 0.684. The van der Waals surface area contributed by atoms with Gasteiger partial charge in [-0.3, -0.25) is 4.79 Å². The van der Waals surface area contributed by atoms with Gasteiger partial charge in [0.05, 0.1) is 10.0 Å². The van der Waals surface area contributed by atoms with Crippen molar-refractivity contribution in [1.82, 2.24) is 0 Å². The summed E-state index contributed by atoms with van der Waals surface area (Å²) in [6.07, 6.45) is 0. The maximum Gasteiger partial charge on any atom is 0.387 e. The number of carbonyl (C=O) groups excluding carboxylic acids is 1. The number of anilines is 1. The number of nitrogens with two attached hydrogens (primary N) is 1. The van der Waals surface area contributed by atoms with Crippen LogP contribution in [0, 0.1) is 0 Å². The van der Waals surface area contributed by atoms with Crippen LogP contribution in [0.1, 0.15) is 17.3 Å². The third kappa shape index (κ3) is 2.65. The average Bonchev–Trinajstić information content (AvgIpc) is 2.12. The lowest BCUT2D eigenvalue weighted by Crippen LogP contribution is -2.08. The molecule has 3 nitrogen and oxygen atoms in total. The van der Waals surface area contributed by atoms with E-state index >= 15 is 0 Å². The van der Waals surface area contributed by atoms with Gasteiger partial charge in [-0.25, -0.2) is 0 Å². The van der Waals surface area contributed by atoms with Crippen molar-refractivity contribution in [2.45, 2.75) is 13.5 Å². The third-order valence-corrected chi connectivity index (χ3v) is 2.53. The zero-order valence-corrected chi connectivity index (χ0v) is 9.35. The molecule has 0 aliphatic rings. The van der Waals surface area contributed by atoms with Crippen molar-refractivity contribution in [3.05, 3.63) is 22.2 Å². The van der Waals surface area contributed by atoms with Crippen LogP contribution >= 0.6 is 15.9 Å². The number of hydrogen-bond acceptors (Lipinski definition) is 3. The molecular formula is C9H8BrF2NO2. The molecule has 0 heterocycles. The first-order valence-corrected chi connectivity index (χ1v) is 4.76. The second-order valence-electron chi connectivity index (χ2n) is 2.78. The van der Waals surface area contributed by atoms with Gasteiger partial charge in [0.1, 0.15) is 0 Å². The van der Waals surface area contributed by atoms with Crippen LogP contribution in [0.15, 0.2) is 16.6 Å². The fourth-order valence-corrected chi connectivity index (χ4v) is 1.49. The van der Waals surface area contributed by atoms with E-state index in [2.05, 4.69) is 20.7 Å². The molecule has 0 bridgehead atoms. The molecule has 82 valence electrons. The Bertz CT molecular complexity index is 396. The number of halogens is 3. The molecule has 0 saturated heterocycles. The summed E-state index contributed by atoms with van der Waals surface area (Å²) in [4.78, 5) is 11.1. The number of ketones is 1. The van der Waals surface area contributed by atoms with Crippen LogP contribution < -0.4 is 10.5 Å². The van der Waals surface area contributed by atoms with E-state index in [-0.39, 0.29) is 27.3 Å². The standard InChI is InChI=1S/C9H8BrF2NO2/c1-4(14)5-2-3-6(13)7(10)8(5)15-9(11)12/h2-3,9H,13H2,1H3. The second kappa shape index (κ2) is 4.57. The topological polar surface area (TPSA) is 52.3 Å². The van der Waals surface area contributed by atoms with E-state index in [9.17, 15) is 13.6 Å². The van der Waals surface area contributed by atoms with Gasteiger partial charge in [-0.15, -0.1) is 0 Å². The van der Waals surface area contributed by atoms with Crippen molar-refractivity contribution < 1.29 is 18.3 Å². The Morgan fingerprint density at radius 2 is 2.13 bits per heavy atom. The molecule has 0 unspecified atom stereocenters. The Morgan fingerprint density at radius 1 is 1.53 bits per heavy atom. The predicted octanol–water partition coefficient (Wildman–Crippen LogP) is 2.84. The van der Waals surface area contributed by atoms with Crippen molar-refractivity contribution in [2.24, 2.45) is 0 Å². The van der Waals surface area contributed by atoms with Crippen LogP contribution in [-0.2, 0) is 0 Å². The molecule has 1 aromatic carbocycles. The first kappa shape index (κ1) is 11.9. The number of carbonyl (C=O) groups is 1. The molecule has 6 heteroatoms. The molecule has 0 spiro atoms.